The molecule has 1 atom stereocenters. The van der Waals surface area contributed by atoms with Crippen molar-refractivity contribution in [3.8, 4) is 6.07 Å². The first kappa shape index (κ1) is 15.7. The molecular weight excluding hydrogens is 292 g/mol. The molecule has 1 N–H and O–H groups in total. The Morgan fingerprint density at radius 1 is 1.43 bits per heavy atom. The number of aromatic nitrogens is 4. The van der Waals surface area contributed by atoms with Crippen LogP contribution in [0.25, 0.3) is 0 Å². The predicted octanol–water partition coefficient (Wildman–Crippen LogP) is 1.16. The lowest BCUT2D eigenvalue weighted by Crippen LogP contribution is -2.31. The number of rotatable bonds is 4. The molecule has 0 radical (unpaired) electrons. The first-order chi connectivity index (χ1) is 10.9. The standard InChI is InChI=1S/C16H22N6O/c1-12(2)22-10-15(18-19-22)16(23)4-5-21(11-16)9-13-6-14(7-17)20(3)8-13/h6,8,10,12,23H,4-5,9,11H2,1-3H3. The van der Waals surface area contributed by atoms with E-state index in [0.29, 0.717) is 24.4 Å². The van der Waals surface area contributed by atoms with Gasteiger partial charge in [-0.05, 0) is 31.9 Å². The Bertz CT molecular complexity index is 740. The van der Waals surface area contributed by atoms with Crippen LogP contribution in [0.4, 0.5) is 0 Å². The Morgan fingerprint density at radius 3 is 2.83 bits per heavy atom. The first-order valence-corrected chi connectivity index (χ1v) is 7.83. The van der Waals surface area contributed by atoms with Crippen LogP contribution in [0.1, 0.15) is 43.3 Å². The molecule has 1 aliphatic heterocycles. The van der Waals surface area contributed by atoms with Crippen molar-refractivity contribution in [3.05, 3.63) is 35.4 Å². The maximum Gasteiger partial charge on any atom is 0.124 e. The second-order valence-electron chi connectivity index (χ2n) is 6.63. The van der Waals surface area contributed by atoms with Crippen molar-refractivity contribution in [3.63, 3.8) is 0 Å². The number of hydrogen-bond donors (Lipinski definition) is 1. The maximum absolute atomic E-state index is 10.9. The van der Waals surface area contributed by atoms with Gasteiger partial charge in [-0.25, -0.2) is 4.68 Å². The van der Waals surface area contributed by atoms with Gasteiger partial charge in [-0.2, -0.15) is 5.26 Å². The van der Waals surface area contributed by atoms with E-state index in [1.807, 2.05) is 43.9 Å². The molecule has 0 saturated carbocycles. The number of aryl methyl sites for hydroxylation is 1. The minimum Gasteiger partial charge on any atom is -0.382 e. The van der Waals surface area contributed by atoms with Crippen LogP contribution in [-0.2, 0) is 19.2 Å². The van der Waals surface area contributed by atoms with E-state index in [2.05, 4.69) is 21.3 Å². The Morgan fingerprint density at radius 2 is 2.22 bits per heavy atom. The summed E-state index contributed by atoms with van der Waals surface area (Å²) in [5, 5.41) is 28.2. The van der Waals surface area contributed by atoms with Gasteiger partial charge in [0.1, 0.15) is 23.1 Å². The Labute approximate surface area is 135 Å². The minimum atomic E-state index is -0.944. The molecule has 0 aliphatic carbocycles. The summed E-state index contributed by atoms with van der Waals surface area (Å²) in [5.74, 6) is 0. The van der Waals surface area contributed by atoms with Gasteiger partial charge < -0.3 is 9.67 Å². The highest BCUT2D eigenvalue weighted by Crippen LogP contribution is 2.31. The molecule has 1 saturated heterocycles. The molecule has 122 valence electrons. The molecule has 2 aromatic rings. The van der Waals surface area contributed by atoms with E-state index in [1.165, 1.54) is 0 Å². The van der Waals surface area contributed by atoms with Crippen molar-refractivity contribution < 1.29 is 5.11 Å². The molecule has 0 bridgehead atoms. The third kappa shape index (κ3) is 3.00. The number of hydrogen-bond acceptors (Lipinski definition) is 5. The fourth-order valence-corrected chi connectivity index (χ4v) is 3.05. The summed E-state index contributed by atoms with van der Waals surface area (Å²) < 4.78 is 3.60. The van der Waals surface area contributed by atoms with Crippen molar-refractivity contribution in [2.45, 2.75) is 38.5 Å². The van der Waals surface area contributed by atoms with E-state index < -0.39 is 5.60 Å². The summed E-state index contributed by atoms with van der Waals surface area (Å²) in [6.07, 6.45) is 4.44. The van der Waals surface area contributed by atoms with Crippen LogP contribution >= 0.6 is 0 Å². The third-order valence-electron chi connectivity index (χ3n) is 4.43. The quantitative estimate of drug-likeness (QED) is 0.916. The van der Waals surface area contributed by atoms with Gasteiger partial charge in [0.05, 0.1) is 6.20 Å². The average Bonchev–Trinajstić information content (AvgIpc) is 3.19. The molecule has 23 heavy (non-hydrogen) atoms. The second-order valence-corrected chi connectivity index (χ2v) is 6.63. The van der Waals surface area contributed by atoms with E-state index in [1.54, 1.807) is 4.68 Å². The van der Waals surface area contributed by atoms with Gasteiger partial charge in [-0.3, -0.25) is 4.90 Å². The molecular formula is C16H22N6O. The fraction of sp³-hybridized carbons (Fsp3) is 0.562. The zero-order valence-electron chi connectivity index (χ0n) is 13.8. The number of nitriles is 1. The lowest BCUT2D eigenvalue weighted by molar-refractivity contribution is 0.0408. The van der Waals surface area contributed by atoms with Gasteiger partial charge >= 0.3 is 0 Å². The Kier molecular flexibility index (Phi) is 3.96. The summed E-state index contributed by atoms with van der Waals surface area (Å²) in [4.78, 5) is 2.19. The zero-order valence-corrected chi connectivity index (χ0v) is 13.8. The van der Waals surface area contributed by atoms with Gasteiger partial charge in [-0.1, -0.05) is 5.21 Å². The van der Waals surface area contributed by atoms with Crippen LogP contribution in [0, 0.1) is 11.3 Å². The molecule has 1 fully saturated rings. The lowest BCUT2D eigenvalue weighted by Gasteiger charge is -2.20. The highest BCUT2D eigenvalue weighted by Gasteiger charge is 2.40. The molecule has 3 rings (SSSR count). The SMILES string of the molecule is CC(C)n1cc(C2(O)CCN(Cc3cc(C#N)n(C)c3)C2)nn1. The predicted molar refractivity (Wildman–Crippen MR) is 84.3 cm³/mol. The number of likely N-dealkylation sites (tertiary alicyclic amines) is 1. The van der Waals surface area contributed by atoms with E-state index in [4.69, 9.17) is 5.26 Å². The number of nitrogens with zero attached hydrogens (tertiary/aromatic N) is 6. The smallest absolute Gasteiger partial charge is 0.124 e. The van der Waals surface area contributed by atoms with Crippen LogP contribution in [0.3, 0.4) is 0 Å². The maximum atomic E-state index is 10.9. The highest BCUT2D eigenvalue weighted by molar-refractivity contribution is 5.28. The summed E-state index contributed by atoms with van der Waals surface area (Å²) in [7, 11) is 1.87. The first-order valence-electron chi connectivity index (χ1n) is 7.83. The van der Waals surface area contributed by atoms with Gasteiger partial charge in [0, 0.05) is 38.9 Å². The number of aliphatic hydroxyl groups is 1. The molecule has 0 spiro atoms. The molecule has 3 heterocycles. The summed E-state index contributed by atoms with van der Waals surface area (Å²) >= 11 is 0. The third-order valence-corrected chi connectivity index (χ3v) is 4.43. The average molecular weight is 314 g/mol. The summed E-state index contributed by atoms with van der Waals surface area (Å²) in [6, 6.07) is 4.29. The van der Waals surface area contributed by atoms with E-state index in [9.17, 15) is 5.11 Å². The van der Waals surface area contributed by atoms with Crippen molar-refractivity contribution >= 4 is 0 Å². The van der Waals surface area contributed by atoms with Crippen molar-refractivity contribution in [1.29, 1.82) is 5.26 Å². The van der Waals surface area contributed by atoms with E-state index in [0.717, 1.165) is 18.7 Å². The molecule has 7 nitrogen and oxygen atoms in total. The minimum absolute atomic E-state index is 0.228. The lowest BCUT2D eigenvalue weighted by atomic mass is 10.00. The molecule has 1 aliphatic rings. The zero-order chi connectivity index (χ0) is 16.6. The largest absolute Gasteiger partial charge is 0.382 e. The second kappa shape index (κ2) is 5.80. The van der Waals surface area contributed by atoms with E-state index >= 15 is 0 Å². The van der Waals surface area contributed by atoms with E-state index in [-0.39, 0.29) is 6.04 Å². The topological polar surface area (TPSA) is 82.9 Å². The van der Waals surface area contributed by atoms with Crippen LogP contribution in [0.15, 0.2) is 18.5 Å². The van der Waals surface area contributed by atoms with Gasteiger partial charge in [0.2, 0.25) is 0 Å². The molecule has 2 aromatic heterocycles. The van der Waals surface area contributed by atoms with Gasteiger partial charge in [0.25, 0.3) is 0 Å². The Balaban J connectivity index is 1.70. The van der Waals surface area contributed by atoms with Crippen molar-refractivity contribution in [1.82, 2.24) is 24.5 Å². The molecule has 7 heteroatoms. The molecule has 0 amide bonds. The van der Waals surface area contributed by atoms with Crippen LogP contribution in [-0.4, -0.2) is 42.7 Å². The number of β-amino-alcohol motifs (C(OH)–C–C–N with tert-alkyl or cyclic N) is 1. The fourth-order valence-electron chi connectivity index (χ4n) is 3.05. The highest BCUT2D eigenvalue weighted by atomic mass is 16.3. The monoisotopic (exact) mass is 314 g/mol. The van der Waals surface area contributed by atoms with Crippen molar-refractivity contribution in [2.75, 3.05) is 13.1 Å². The normalized spacial score (nSPS) is 21.9. The van der Waals surface area contributed by atoms with Gasteiger partial charge in [0.15, 0.2) is 0 Å². The summed E-state index contributed by atoms with van der Waals surface area (Å²) in [6.45, 7) is 6.11. The van der Waals surface area contributed by atoms with Crippen molar-refractivity contribution in [2.24, 2.45) is 7.05 Å². The molecule has 1 unspecified atom stereocenters. The van der Waals surface area contributed by atoms with Gasteiger partial charge in [-0.15, -0.1) is 5.10 Å². The molecule has 0 aromatic carbocycles. The Hall–Kier alpha value is -2.17. The van der Waals surface area contributed by atoms with Crippen LogP contribution < -0.4 is 0 Å². The summed E-state index contributed by atoms with van der Waals surface area (Å²) in [5.41, 5.74) is 1.42. The van der Waals surface area contributed by atoms with Crippen LogP contribution in [0.2, 0.25) is 0 Å². The van der Waals surface area contributed by atoms with Crippen LogP contribution in [0.5, 0.6) is 0 Å².